The molecule has 1 aliphatic heterocycles. The second-order valence-electron chi connectivity index (χ2n) is 1.71. The lowest BCUT2D eigenvalue weighted by molar-refractivity contribution is 0.256. The molecule has 1 aromatic rings. The van der Waals surface area contributed by atoms with Crippen LogP contribution in [-0.2, 0) is 0 Å². The molecule has 5 heteroatoms. The predicted molar refractivity (Wildman–Crippen MR) is 29.7 cm³/mol. The largest absolute Gasteiger partial charge is 0.371 e. The summed E-state index contributed by atoms with van der Waals surface area (Å²) in [5.41, 5.74) is 0.625. The van der Waals surface area contributed by atoms with Gasteiger partial charge in [0.15, 0.2) is 0 Å². The Bertz CT molecular complexity index is 359. The molecule has 2 amide bonds. The molecule has 2 rings (SSSR count). The molecular formula is C5H2N4O. The molecule has 0 saturated carbocycles. The van der Waals surface area contributed by atoms with Gasteiger partial charge in [0.2, 0.25) is 11.0 Å². The van der Waals surface area contributed by atoms with Gasteiger partial charge < -0.3 is 0 Å². The van der Waals surface area contributed by atoms with Gasteiger partial charge in [0, 0.05) is 12.4 Å². The molecule has 1 aromatic heterocycles. The smallest absolute Gasteiger partial charge is 0.244 e. The molecule has 48 valence electrons. The average Bonchev–Trinajstić information content (AvgIpc) is 2.27. The summed E-state index contributed by atoms with van der Waals surface area (Å²) in [6.45, 7) is 0. The van der Waals surface area contributed by atoms with Gasteiger partial charge in [-0.15, -0.1) is 0 Å². The summed E-state index contributed by atoms with van der Waals surface area (Å²) in [6.07, 6.45) is 2.94. The Kier molecular flexibility index (Phi) is 0.858. The Morgan fingerprint density at radius 3 is 2.00 bits per heavy atom. The van der Waals surface area contributed by atoms with Crippen molar-refractivity contribution in [2.75, 3.05) is 0 Å². The van der Waals surface area contributed by atoms with Gasteiger partial charge in [0.25, 0.3) is 0 Å². The molecular weight excluding hydrogens is 132 g/mol. The van der Waals surface area contributed by atoms with Crippen LogP contribution >= 0.6 is 0 Å². The maximum Gasteiger partial charge on any atom is 0.371 e. The van der Waals surface area contributed by atoms with E-state index in [-0.39, 0.29) is 0 Å². The molecule has 0 aliphatic carbocycles. The number of urea groups is 1. The van der Waals surface area contributed by atoms with Crippen LogP contribution < -0.4 is 11.0 Å². The number of carbonyl (C=O) groups excluding carboxylic acids is 1. The fraction of sp³-hybridized carbons (Fsp3) is 0. The third kappa shape index (κ3) is 0.604. The molecule has 5 nitrogen and oxygen atoms in total. The van der Waals surface area contributed by atoms with E-state index in [2.05, 4.69) is 20.0 Å². The van der Waals surface area contributed by atoms with Crippen molar-refractivity contribution >= 4 is 6.03 Å². The third-order valence-electron chi connectivity index (χ3n) is 1.06. The summed E-state index contributed by atoms with van der Waals surface area (Å²) in [6, 6.07) is -0.527. The highest BCUT2D eigenvalue weighted by Gasteiger charge is 2.04. The highest BCUT2D eigenvalue weighted by Crippen LogP contribution is 1.78. The van der Waals surface area contributed by atoms with E-state index in [0.29, 0.717) is 11.0 Å². The van der Waals surface area contributed by atoms with Crippen molar-refractivity contribution < 1.29 is 4.79 Å². The van der Waals surface area contributed by atoms with Crippen molar-refractivity contribution in [1.29, 1.82) is 0 Å². The first-order valence-corrected chi connectivity index (χ1v) is 2.65. The third-order valence-corrected chi connectivity index (χ3v) is 1.06. The summed E-state index contributed by atoms with van der Waals surface area (Å²) in [5.74, 6) is 0. The van der Waals surface area contributed by atoms with Crippen LogP contribution in [-0.4, -0.2) is 16.0 Å². The molecule has 0 bridgehead atoms. The molecule has 0 saturated heterocycles. The van der Waals surface area contributed by atoms with Gasteiger partial charge in [-0.1, -0.05) is 0 Å². The van der Waals surface area contributed by atoms with Gasteiger partial charge in [-0.25, -0.2) is 14.8 Å². The topological polar surface area (TPSA) is 67.6 Å². The number of hydrogen-bond donors (Lipinski definition) is 0. The summed E-state index contributed by atoms with van der Waals surface area (Å²) in [7, 11) is 0. The van der Waals surface area contributed by atoms with E-state index < -0.39 is 6.03 Å². The van der Waals surface area contributed by atoms with Crippen molar-refractivity contribution in [2.45, 2.75) is 0 Å². The number of hydrogen-bond acceptors (Lipinski definition) is 3. The first-order chi connectivity index (χ1) is 4.86. The second kappa shape index (κ2) is 1.66. The van der Waals surface area contributed by atoms with E-state index in [1.54, 1.807) is 0 Å². The summed E-state index contributed by atoms with van der Waals surface area (Å²) in [5, 5.41) is 0. The number of fused-ring (bicyclic) bond motifs is 1. The standard InChI is InChI=1S/C5H2N4O/c10-5-8-3-4(9-5)7-2-1-6-3/h1-2H. The van der Waals surface area contributed by atoms with Crippen LogP contribution in [0.5, 0.6) is 0 Å². The highest BCUT2D eigenvalue weighted by atomic mass is 16.2. The number of carbonyl (C=O) groups is 1. The molecule has 2 heterocycles. The zero-order chi connectivity index (χ0) is 6.97. The van der Waals surface area contributed by atoms with Crippen molar-refractivity contribution in [3.8, 4) is 0 Å². The Morgan fingerprint density at radius 1 is 1.00 bits per heavy atom. The minimum Gasteiger partial charge on any atom is -0.244 e. The first-order valence-electron chi connectivity index (χ1n) is 2.65. The van der Waals surface area contributed by atoms with Crippen LogP contribution in [0, 0.1) is 0 Å². The number of rotatable bonds is 0. The van der Waals surface area contributed by atoms with E-state index in [4.69, 9.17) is 0 Å². The van der Waals surface area contributed by atoms with Crippen molar-refractivity contribution in [3.63, 3.8) is 0 Å². The lowest BCUT2D eigenvalue weighted by Crippen LogP contribution is -2.27. The monoisotopic (exact) mass is 134 g/mol. The van der Waals surface area contributed by atoms with Crippen LogP contribution in [0.1, 0.15) is 0 Å². The SMILES string of the molecule is O=C1N=c2nccnc2=N1. The van der Waals surface area contributed by atoms with Crippen LogP contribution in [0.25, 0.3) is 0 Å². The molecule has 0 spiro atoms. The molecule has 0 aromatic carbocycles. The minimum atomic E-state index is -0.527. The molecule has 0 unspecified atom stereocenters. The molecule has 0 N–H and O–H groups in total. The van der Waals surface area contributed by atoms with Crippen LogP contribution in [0.15, 0.2) is 22.4 Å². The lowest BCUT2D eigenvalue weighted by atomic mass is 10.7. The van der Waals surface area contributed by atoms with E-state index in [1.807, 2.05) is 0 Å². The molecule has 0 fully saturated rings. The molecule has 0 radical (unpaired) electrons. The maximum atomic E-state index is 10.5. The predicted octanol–water partition coefficient (Wildman–Crippen LogP) is -1.15. The van der Waals surface area contributed by atoms with Crippen LogP contribution in [0.3, 0.4) is 0 Å². The number of aromatic nitrogens is 2. The van der Waals surface area contributed by atoms with Gasteiger partial charge in [0.1, 0.15) is 0 Å². The van der Waals surface area contributed by atoms with Gasteiger partial charge in [0.05, 0.1) is 0 Å². The number of amides is 2. The molecule has 10 heavy (non-hydrogen) atoms. The fourth-order valence-electron chi connectivity index (χ4n) is 0.687. The van der Waals surface area contributed by atoms with Gasteiger partial charge in [-0.2, -0.15) is 9.98 Å². The van der Waals surface area contributed by atoms with Crippen molar-refractivity contribution in [1.82, 2.24) is 9.97 Å². The molecule has 0 atom stereocenters. The highest BCUT2D eigenvalue weighted by molar-refractivity contribution is 5.76. The average molecular weight is 134 g/mol. The Morgan fingerprint density at radius 2 is 1.50 bits per heavy atom. The summed E-state index contributed by atoms with van der Waals surface area (Å²) < 4.78 is 0. The van der Waals surface area contributed by atoms with E-state index in [9.17, 15) is 4.79 Å². The van der Waals surface area contributed by atoms with Crippen molar-refractivity contribution in [3.05, 3.63) is 23.4 Å². The normalized spacial score (nSPS) is 13.8. The first kappa shape index (κ1) is 5.16. The Balaban J connectivity index is 2.96. The molecule has 1 aliphatic rings. The van der Waals surface area contributed by atoms with Crippen LogP contribution in [0.4, 0.5) is 4.79 Å². The van der Waals surface area contributed by atoms with Gasteiger partial charge >= 0.3 is 6.03 Å². The zero-order valence-corrected chi connectivity index (χ0v) is 4.85. The van der Waals surface area contributed by atoms with Gasteiger partial charge in [-0.05, 0) is 0 Å². The van der Waals surface area contributed by atoms with E-state index in [0.717, 1.165) is 0 Å². The quantitative estimate of drug-likeness (QED) is 0.450. The zero-order valence-electron chi connectivity index (χ0n) is 4.85. The summed E-state index contributed by atoms with van der Waals surface area (Å²) >= 11 is 0. The minimum absolute atomic E-state index is 0.313. The Hall–Kier alpha value is -1.65. The van der Waals surface area contributed by atoms with Crippen LogP contribution in [0.2, 0.25) is 0 Å². The fourth-order valence-corrected chi connectivity index (χ4v) is 0.687. The number of nitrogens with zero attached hydrogens (tertiary/aromatic N) is 4. The second-order valence-corrected chi connectivity index (χ2v) is 1.71. The van der Waals surface area contributed by atoms with E-state index in [1.165, 1.54) is 12.4 Å². The summed E-state index contributed by atoms with van der Waals surface area (Å²) in [4.78, 5) is 25.0. The van der Waals surface area contributed by atoms with Gasteiger partial charge in [-0.3, -0.25) is 0 Å². The Labute approximate surface area is 55.2 Å². The maximum absolute atomic E-state index is 10.5. The van der Waals surface area contributed by atoms with E-state index >= 15 is 0 Å². The van der Waals surface area contributed by atoms with Crippen molar-refractivity contribution in [2.24, 2.45) is 9.98 Å². The lowest BCUT2D eigenvalue weighted by Gasteiger charge is -1.74.